The van der Waals surface area contributed by atoms with Crippen LogP contribution in [0.3, 0.4) is 0 Å². The average Bonchev–Trinajstić information content (AvgIpc) is 3.19. The molecule has 0 radical (unpaired) electrons. The summed E-state index contributed by atoms with van der Waals surface area (Å²) in [6, 6.07) is 13.5. The summed E-state index contributed by atoms with van der Waals surface area (Å²) in [6.07, 6.45) is 8.90. The van der Waals surface area contributed by atoms with Gasteiger partial charge in [-0.3, -0.25) is 9.36 Å². The Kier molecular flexibility index (Phi) is 9.68. The molecule has 0 saturated carbocycles. The summed E-state index contributed by atoms with van der Waals surface area (Å²) < 4.78 is 12.5. The molecule has 3 aromatic rings. The van der Waals surface area contributed by atoms with Gasteiger partial charge in [0.1, 0.15) is 0 Å². The standard InChI is InChI=1S/C28H36N2O4/c1-4-6-7-8-9-10-11-12-26(31)23-17-18-24-25(19-23)30(28(29-24)34-5-2)20-21-13-15-22(16-14-21)27(32)33-3/h13-19H,4-12,20H2,1-3H3. The second kappa shape index (κ2) is 12.9. The van der Waals surface area contributed by atoms with Crippen LogP contribution < -0.4 is 4.74 Å². The van der Waals surface area contributed by atoms with Gasteiger partial charge in [0, 0.05) is 12.0 Å². The molecule has 0 saturated heterocycles. The highest BCUT2D eigenvalue weighted by Gasteiger charge is 2.15. The van der Waals surface area contributed by atoms with E-state index < -0.39 is 0 Å². The van der Waals surface area contributed by atoms with Crippen molar-refractivity contribution in [3.63, 3.8) is 0 Å². The molecule has 6 heteroatoms. The van der Waals surface area contributed by atoms with E-state index in [-0.39, 0.29) is 11.8 Å². The average molecular weight is 465 g/mol. The highest BCUT2D eigenvalue weighted by molar-refractivity contribution is 5.99. The van der Waals surface area contributed by atoms with E-state index in [2.05, 4.69) is 11.9 Å². The Labute approximate surface area is 202 Å². The maximum atomic E-state index is 12.9. The molecular formula is C28H36N2O4. The summed E-state index contributed by atoms with van der Waals surface area (Å²) in [7, 11) is 1.37. The van der Waals surface area contributed by atoms with E-state index in [0.29, 0.717) is 36.7 Å². The zero-order chi connectivity index (χ0) is 24.3. The third-order valence-electron chi connectivity index (χ3n) is 6.03. The summed E-state index contributed by atoms with van der Waals surface area (Å²) in [5, 5.41) is 0. The summed E-state index contributed by atoms with van der Waals surface area (Å²) in [5.41, 5.74) is 3.87. The van der Waals surface area contributed by atoms with Crippen LogP contribution in [-0.2, 0) is 11.3 Å². The van der Waals surface area contributed by atoms with Crippen LogP contribution in [0.25, 0.3) is 11.0 Å². The number of benzene rings is 2. The summed E-state index contributed by atoms with van der Waals surface area (Å²) >= 11 is 0. The van der Waals surface area contributed by atoms with E-state index in [1.165, 1.54) is 39.2 Å². The van der Waals surface area contributed by atoms with Gasteiger partial charge < -0.3 is 9.47 Å². The Morgan fingerprint density at radius 3 is 2.24 bits per heavy atom. The van der Waals surface area contributed by atoms with Gasteiger partial charge in [-0.1, -0.05) is 57.6 Å². The van der Waals surface area contributed by atoms with E-state index in [1.54, 1.807) is 12.1 Å². The molecule has 0 amide bonds. The van der Waals surface area contributed by atoms with Crippen LogP contribution in [-0.4, -0.2) is 35.0 Å². The van der Waals surface area contributed by atoms with Crippen molar-refractivity contribution in [1.82, 2.24) is 9.55 Å². The number of rotatable bonds is 14. The van der Waals surface area contributed by atoms with E-state index in [1.807, 2.05) is 41.8 Å². The van der Waals surface area contributed by atoms with Crippen molar-refractivity contribution in [3.8, 4) is 6.01 Å². The molecule has 0 bridgehead atoms. The normalized spacial score (nSPS) is 11.0. The van der Waals surface area contributed by atoms with Crippen LogP contribution in [0, 0.1) is 0 Å². The van der Waals surface area contributed by atoms with Crippen molar-refractivity contribution < 1.29 is 19.1 Å². The van der Waals surface area contributed by atoms with Gasteiger partial charge in [-0.2, -0.15) is 4.98 Å². The van der Waals surface area contributed by atoms with Gasteiger partial charge >= 0.3 is 5.97 Å². The van der Waals surface area contributed by atoms with E-state index in [9.17, 15) is 9.59 Å². The molecule has 0 atom stereocenters. The van der Waals surface area contributed by atoms with Crippen molar-refractivity contribution >= 4 is 22.8 Å². The van der Waals surface area contributed by atoms with Crippen LogP contribution in [0.4, 0.5) is 0 Å². The third kappa shape index (κ3) is 6.69. The zero-order valence-electron chi connectivity index (χ0n) is 20.6. The molecule has 0 spiro atoms. The van der Waals surface area contributed by atoms with Gasteiger partial charge in [-0.05, 0) is 49.2 Å². The van der Waals surface area contributed by atoms with Crippen LogP contribution in [0.15, 0.2) is 42.5 Å². The fourth-order valence-electron chi connectivity index (χ4n) is 4.10. The quantitative estimate of drug-likeness (QED) is 0.153. The number of nitrogens with zero attached hydrogens (tertiary/aromatic N) is 2. The molecule has 1 aromatic heterocycles. The molecule has 0 fully saturated rings. The van der Waals surface area contributed by atoms with Crippen LogP contribution in [0.5, 0.6) is 6.01 Å². The molecular weight excluding hydrogens is 428 g/mol. The first kappa shape index (κ1) is 25.5. The fourth-order valence-corrected chi connectivity index (χ4v) is 4.10. The Hall–Kier alpha value is -3.15. The van der Waals surface area contributed by atoms with Gasteiger partial charge in [0.15, 0.2) is 5.78 Å². The first-order valence-corrected chi connectivity index (χ1v) is 12.4. The molecule has 0 aliphatic carbocycles. The van der Waals surface area contributed by atoms with Gasteiger partial charge in [0.05, 0.1) is 36.9 Å². The molecule has 6 nitrogen and oxygen atoms in total. The number of Topliss-reactive ketones (excluding diaryl/α,β-unsaturated/α-hetero) is 1. The number of hydrogen-bond acceptors (Lipinski definition) is 5. The van der Waals surface area contributed by atoms with Crippen molar-refractivity contribution in [3.05, 3.63) is 59.2 Å². The minimum Gasteiger partial charge on any atom is -0.465 e. The number of hydrogen-bond donors (Lipinski definition) is 0. The second-order valence-corrected chi connectivity index (χ2v) is 8.60. The lowest BCUT2D eigenvalue weighted by Crippen LogP contribution is -2.06. The van der Waals surface area contributed by atoms with Crippen molar-refractivity contribution in [2.24, 2.45) is 0 Å². The predicted molar refractivity (Wildman–Crippen MR) is 135 cm³/mol. The smallest absolute Gasteiger partial charge is 0.337 e. The molecule has 0 unspecified atom stereocenters. The topological polar surface area (TPSA) is 70.4 Å². The first-order chi connectivity index (χ1) is 16.6. The Balaban J connectivity index is 1.74. The molecule has 3 rings (SSSR count). The molecule has 34 heavy (non-hydrogen) atoms. The first-order valence-electron chi connectivity index (χ1n) is 12.4. The maximum Gasteiger partial charge on any atom is 0.337 e. The van der Waals surface area contributed by atoms with E-state index >= 15 is 0 Å². The molecule has 1 heterocycles. The SMILES string of the molecule is CCCCCCCCCC(=O)c1ccc2nc(OCC)n(Cc3ccc(C(=O)OC)cc3)c2c1. The molecule has 182 valence electrons. The maximum absolute atomic E-state index is 12.9. The molecule has 0 N–H and O–H groups in total. The van der Waals surface area contributed by atoms with Gasteiger partial charge in [-0.15, -0.1) is 0 Å². The van der Waals surface area contributed by atoms with Crippen molar-refractivity contribution in [1.29, 1.82) is 0 Å². The van der Waals surface area contributed by atoms with Crippen molar-refractivity contribution in [2.45, 2.75) is 71.8 Å². The Morgan fingerprint density at radius 1 is 0.882 bits per heavy atom. The van der Waals surface area contributed by atoms with Crippen molar-refractivity contribution in [2.75, 3.05) is 13.7 Å². The van der Waals surface area contributed by atoms with Crippen LogP contribution >= 0.6 is 0 Å². The Bertz CT molecular complexity index is 1090. The number of unbranched alkanes of at least 4 members (excludes halogenated alkanes) is 6. The number of carbonyl (C=O) groups excluding carboxylic acids is 2. The highest BCUT2D eigenvalue weighted by Crippen LogP contribution is 2.25. The minimum atomic E-state index is -0.362. The van der Waals surface area contributed by atoms with Crippen LogP contribution in [0.2, 0.25) is 0 Å². The van der Waals surface area contributed by atoms with Crippen LogP contribution in [0.1, 0.15) is 91.5 Å². The van der Waals surface area contributed by atoms with Gasteiger partial charge in [0.2, 0.25) is 0 Å². The molecule has 0 aliphatic rings. The number of ether oxygens (including phenoxy) is 2. The number of aromatic nitrogens is 2. The van der Waals surface area contributed by atoms with E-state index in [0.717, 1.165) is 29.4 Å². The third-order valence-corrected chi connectivity index (χ3v) is 6.03. The highest BCUT2D eigenvalue weighted by atomic mass is 16.5. The summed E-state index contributed by atoms with van der Waals surface area (Å²) in [4.78, 5) is 29.2. The van der Waals surface area contributed by atoms with Gasteiger partial charge in [-0.25, -0.2) is 4.79 Å². The number of carbonyl (C=O) groups is 2. The monoisotopic (exact) mass is 464 g/mol. The fraction of sp³-hybridized carbons (Fsp3) is 0.464. The predicted octanol–water partition coefficient (Wildman–Crippen LogP) is 6.59. The second-order valence-electron chi connectivity index (χ2n) is 8.60. The summed E-state index contributed by atoms with van der Waals surface area (Å²) in [5.74, 6) is -0.192. The Morgan fingerprint density at radius 2 is 1.56 bits per heavy atom. The summed E-state index contributed by atoms with van der Waals surface area (Å²) in [6.45, 7) is 5.16. The van der Waals surface area contributed by atoms with Gasteiger partial charge in [0.25, 0.3) is 6.01 Å². The number of ketones is 1. The number of imidazole rings is 1. The molecule has 0 aliphatic heterocycles. The number of methoxy groups -OCH3 is 1. The number of esters is 1. The number of fused-ring (bicyclic) bond motifs is 1. The lowest BCUT2D eigenvalue weighted by atomic mass is 10.0. The minimum absolute atomic E-state index is 0.170. The lowest BCUT2D eigenvalue weighted by molar-refractivity contribution is 0.0600. The lowest BCUT2D eigenvalue weighted by Gasteiger charge is -2.10. The zero-order valence-corrected chi connectivity index (χ0v) is 20.6. The molecule has 2 aromatic carbocycles. The van der Waals surface area contributed by atoms with E-state index in [4.69, 9.17) is 9.47 Å². The largest absolute Gasteiger partial charge is 0.465 e.